The molecule has 0 saturated carbocycles. The predicted molar refractivity (Wildman–Crippen MR) is 109 cm³/mol. The number of nitrogens with two attached hydrogens (primary N) is 1. The van der Waals surface area contributed by atoms with Crippen LogP contribution in [0.4, 0.5) is 21.8 Å². The molecule has 3 aromatic rings. The van der Waals surface area contributed by atoms with E-state index >= 15 is 0 Å². The molecule has 1 unspecified atom stereocenters. The Morgan fingerprint density at radius 1 is 1.28 bits per heavy atom. The minimum atomic E-state index is -1.59. The minimum Gasteiger partial charge on any atom is -0.372 e. The van der Waals surface area contributed by atoms with Crippen LogP contribution in [0.1, 0.15) is 23.7 Å². The molecule has 0 aliphatic carbocycles. The molecule has 0 amide bonds. The van der Waals surface area contributed by atoms with Crippen LogP contribution in [0.5, 0.6) is 0 Å². The Hall–Kier alpha value is -3.21. The van der Waals surface area contributed by atoms with E-state index in [1.165, 1.54) is 31.5 Å². The second-order valence-electron chi connectivity index (χ2n) is 6.83. The molecule has 0 radical (unpaired) electrons. The molecule has 3 heterocycles. The number of benzene rings is 1. The zero-order valence-electron chi connectivity index (χ0n) is 15.5. The smallest absolute Gasteiger partial charge is 0.222 e. The van der Waals surface area contributed by atoms with Crippen molar-refractivity contribution in [2.24, 2.45) is 0 Å². The highest BCUT2D eigenvalue weighted by Crippen LogP contribution is 2.37. The van der Waals surface area contributed by atoms with Gasteiger partial charge in [0.1, 0.15) is 10.8 Å². The summed E-state index contributed by atoms with van der Waals surface area (Å²) in [5.74, 6) is 5.93. The van der Waals surface area contributed by atoms with Gasteiger partial charge in [0, 0.05) is 24.0 Å². The van der Waals surface area contributed by atoms with Gasteiger partial charge in [0.2, 0.25) is 5.95 Å². The summed E-state index contributed by atoms with van der Waals surface area (Å²) in [6.45, 7) is 2.18. The molecule has 146 valence electrons. The van der Waals surface area contributed by atoms with Crippen molar-refractivity contribution in [1.29, 1.82) is 0 Å². The number of aromatic nitrogens is 3. The average Bonchev–Trinajstić information content (AvgIpc) is 3.11. The second kappa shape index (κ2) is 7.32. The van der Waals surface area contributed by atoms with Crippen LogP contribution in [0.2, 0.25) is 5.02 Å². The molecule has 1 aliphatic rings. The summed E-state index contributed by atoms with van der Waals surface area (Å²) in [7, 11) is 0. The zero-order valence-corrected chi connectivity index (χ0v) is 16.3. The lowest BCUT2D eigenvalue weighted by molar-refractivity contribution is 0.117. The Labute approximate surface area is 172 Å². The highest BCUT2D eigenvalue weighted by molar-refractivity contribution is 6.33. The molecule has 0 spiro atoms. The second-order valence-corrected chi connectivity index (χ2v) is 7.23. The number of aliphatic hydroxyl groups is 1. The maximum atomic E-state index is 13.4. The largest absolute Gasteiger partial charge is 0.372 e. The first-order chi connectivity index (χ1) is 13.8. The van der Waals surface area contributed by atoms with Gasteiger partial charge in [0.25, 0.3) is 0 Å². The Morgan fingerprint density at radius 2 is 2.10 bits per heavy atom. The van der Waals surface area contributed by atoms with Gasteiger partial charge < -0.3 is 15.7 Å². The molecule has 29 heavy (non-hydrogen) atoms. The number of pyridine rings is 1. The van der Waals surface area contributed by atoms with E-state index in [1.54, 1.807) is 0 Å². The van der Waals surface area contributed by atoms with Crippen LogP contribution < -0.4 is 10.6 Å². The molecule has 2 aromatic heterocycles. The van der Waals surface area contributed by atoms with E-state index < -0.39 is 11.4 Å². The van der Waals surface area contributed by atoms with Crippen molar-refractivity contribution in [3.05, 3.63) is 70.4 Å². The summed E-state index contributed by atoms with van der Waals surface area (Å²) in [6, 6.07) is 8.14. The fourth-order valence-electron chi connectivity index (χ4n) is 3.17. The molecule has 1 aliphatic heterocycles. The molecule has 1 aromatic carbocycles. The van der Waals surface area contributed by atoms with Crippen LogP contribution in [-0.2, 0) is 12.0 Å². The van der Waals surface area contributed by atoms with Crippen LogP contribution in [0.3, 0.4) is 0 Å². The van der Waals surface area contributed by atoms with Gasteiger partial charge in [-0.25, -0.2) is 9.37 Å². The van der Waals surface area contributed by atoms with Crippen molar-refractivity contribution < 1.29 is 9.50 Å². The van der Waals surface area contributed by atoms with Gasteiger partial charge in [-0.2, -0.15) is 4.98 Å². The topological polar surface area (TPSA) is 88.2 Å². The van der Waals surface area contributed by atoms with E-state index in [4.69, 9.17) is 17.3 Å². The molecule has 4 rings (SSSR count). The lowest BCUT2D eigenvalue weighted by Crippen LogP contribution is -2.20. The highest BCUT2D eigenvalue weighted by atomic mass is 35.5. The molecule has 0 saturated heterocycles. The van der Waals surface area contributed by atoms with Gasteiger partial charge in [-0.15, -0.1) is 0 Å². The van der Waals surface area contributed by atoms with Crippen LogP contribution in [0, 0.1) is 17.7 Å². The molecule has 8 heteroatoms. The molecule has 0 bridgehead atoms. The zero-order chi connectivity index (χ0) is 20.6. The third kappa shape index (κ3) is 3.86. The summed E-state index contributed by atoms with van der Waals surface area (Å²) in [5.41, 5.74) is 7.00. The van der Waals surface area contributed by atoms with Crippen molar-refractivity contribution in [2.45, 2.75) is 18.9 Å². The Balaban J connectivity index is 1.68. The van der Waals surface area contributed by atoms with Gasteiger partial charge in [0.15, 0.2) is 11.4 Å². The van der Waals surface area contributed by atoms with Crippen molar-refractivity contribution in [3.8, 4) is 11.8 Å². The molecule has 3 N–H and O–H groups in total. The number of fused-ring (bicyclic) bond motifs is 1. The van der Waals surface area contributed by atoms with Gasteiger partial charge in [-0.05, 0) is 43.2 Å². The van der Waals surface area contributed by atoms with Crippen molar-refractivity contribution >= 4 is 29.1 Å². The van der Waals surface area contributed by atoms with Crippen molar-refractivity contribution in [2.75, 3.05) is 17.2 Å². The monoisotopic (exact) mass is 409 g/mol. The number of rotatable bonds is 2. The van der Waals surface area contributed by atoms with Crippen LogP contribution in [-0.4, -0.2) is 26.6 Å². The van der Waals surface area contributed by atoms with E-state index in [2.05, 4.69) is 26.8 Å². The molecule has 1 atom stereocenters. The lowest BCUT2D eigenvalue weighted by Gasteiger charge is -2.19. The van der Waals surface area contributed by atoms with E-state index in [9.17, 15) is 9.50 Å². The lowest BCUT2D eigenvalue weighted by atomic mass is 10.0. The van der Waals surface area contributed by atoms with Gasteiger partial charge in [-0.3, -0.25) is 4.98 Å². The first-order valence-corrected chi connectivity index (χ1v) is 9.27. The third-order valence-corrected chi connectivity index (χ3v) is 4.92. The Bertz CT molecular complexity index is 1160. The standard InChI is InChI=1S/C21H17ClFN5O/c1-21(29,18-11-15(23)5-8-25-18)7-4-13-2-3-14-6-9-28(17(14)10-13)19-16(22)12-26-20(24)27-19/h2-3,5,8,10-12,29H,6,9H2,1H3,(H2,24,26,27). The SMILES string of the molecule is CC(O)(C#Cc1ccc2c(c1)N(c1nc(N)ncc1Cl)CC2)c1cc(F)ccn1. The quantitative estimate of drug-likeness (QED) is 0.632. The number of nitrogens with zero attached hydrogens (tertiary/aromatic N) is 4. The minimum absolute atomic E-state index is 0.146. The highest BCUT2D eigenvalue weighted by Gasteiger charge is 2.25. The molecular weight excluding hydrogens is 393 g/mol. The summed E-state index contributed by atoms with van der Waals surface area (Å²) in [4.78, 5) is 14.1. The van der Waals surface area contributed by atoms with Crippen molar-refractivity contribution in [3.63, 3.8) is 0 Å². The van der Waals surface area contributed by atoms with E-state index in [-0.39, 0.29) is 11.6 Å². The summed E-state index contributed by atoms with van der Waals surface area (Å²) in [5, 5.41) is 11.0. The number of halogens is 2. The first kappa shape index (κ1) is 19.1. The number of anilines is 3. The normalized spacial score (nSPS) is 14.7. The number of hydrogen-bond donors (Lipinski definition) is 2. The number of hydrogen-bond acceptors (Lipinski definition) is 6. The molecular formula is C21H17ClFN5O. The van der Waals surface area contributed by atoms with E-state index in [0.29, 0.717) is 22.9 Å². The fourth-order valence-corrected chi connectivity index (χ4v) is 3.36. The van der Waals surface area contributed by atoms with Gasteiger partial charge >= 0.3 is 0 Å². The van der Waals surface area contributed by atoms with Gasteiger partial charge in [-0.1, -0.05) is 29.5 Å². The summed E-state index contributed by atoms with van der Waals surface area (Å²) in [6.07, 6.45) is 3.60. The van der Waals surface area contributed by atoms with Crippen LogP contribution in [0.15, 0.2) is 42.7 Å². The fraction of sp³-hybridized carbons (Fsp3) is 0.190. The van der Waals surface area contributed by atoms with E-state index in [1.807, 2.05) is 23.1 Å². The van der Waals surface area contributed by atoms with Crippen LogP contribution >= 0.6 is 11.6 Å². The maximum Gasteiger partial charge on any atom is 0.222 e. The first-order valence-electron chi connectivity index (χ1n) is 8.89. The van der Waals surface area contributed by atoms with Gasteiger partial charge in [0.05, 0.1) is 11.9 Å². The van der Waals surface area contributed by atoms with Crippen molar-refractivity contribution in [1.82, 2.24) is 15.0 Å². The summed E-state index contributed by atoms with van der Waals surface area (Å²) >= 11 is 6.26. The molecule has 6 nitrogen and oxygen atoms in total. The Kier molecular flexibility index (Phi) is 4.82. The van der Waals surface area contributed by atoms with E-state index in [0.717, 1.165) is 17.7 Å². The third-order valence-electron chi connectivity index (χ3n) is 4.65. The molecule has 0 fully saturated rings. The summed E-state index contributed by atoms with van der Waals surface area (Å²) < 4.78 is 13.4. The Morgan fingerprint density at radius 3 is 2.90 bits per heavy atom. The maximum absolute atomic E-state index is 13.4. The predicted octanol–water partition coefficient (Wildman–Crippen LogP) is 3.20. The average molecular weight is 410 g/mol. The number of nitrogen functional groups attached to an aromatic ring is 1. The van der Waals surface area contributed by atoms with Crippen LogP contribution in [0.25, 0.3) is 0 Å².